The lowest BCUT2D eigenvalue weighted by molar-refractivity contribution is -0.267. The fourth-order valence-electron chi connectivity index (χ4n) is 11.5. The number of methoxy groups -OCH3 is 1. The summed E-state index contributed by atoms with van der Waals surface area (Å²) in [6, 6.07) is 0. The zero-order chi connectivity index (χ0) is 30.9. The number of nitrogens with one attached hydrogen (secondary N) is 1. The van der Waals surface area contributed by atoms with Crippen molar-refractivity contribution in [2.75, 3.05) is 47.6 Å². The first kappa shape index (κ1) is 32.4. The Bertz CT molecular complexity index is 1060. The maximum Gasteiger partial charge on any atom is 0.307 e. The van der Waals surface area contributed by atoms with E-state index in [0.717, 1.165) is 51.7 Å². The van der Waals surface area contributed by atoms with Gasteiger partial charge in [0.05, 0.1) is 37.9 Å². The summed E-state index contributed by atoms with van der Waals surface area (Å²) in [6.07, 6.45) is 8.55. The SMILES string of the molecule is CO[C@@H]1C[C@@]23COCC(C)([C@H]1OCCNN(C)C)[C@@H]2CC[C@H]1C3=CC[C@@]2(C)[C@H](C(=O)O)[C@@](C)([C@H](C)C(C)C)CC[C@]12C. The fraction of sp³-hybridized carbons (Fsp3) is 0.914. The van der Waals surface area contributed by atoms with Gasteiger partial charge in [-0.15, -0.1) is 0 Å². The Morgan fingerprint density at radius 3 is 2.45 bits per heavy atom. The minimum Gasteiger partial charge on any atom is -0.481 e. The molecule has 2 bridgehead atoms. The predicted octanol–water partition coefficient (Wildman–Crippen LogP) is 6.04. The quantitative estimate of drug-likeness (QED) is 0.193. The molecule has 4 fully saturated rings. The lowest BCUT2D eigenvalue weighted by atomic mass is 9.34. The number of hydrogen-bond acceptors (Lipinski definition) is 6. The zero-order valence-electron chi connectivity index (χ0n) is 28.2. The van der Waals surface area contributed by atoms with Gasteiger partial charge in [-0.1, -0.05) is 60.1 Å². The number of carboxylic acids is 1. The van der Waals surface area contributed by atoms with E-state index in [0.29, 0.717) is 36.9 Å². The van der Waals surface area contributed by atoms with Crippen molar-refractivity contribution in [3.63, 3.8) is 0 Å². The number of ether oxygens (including phenoxy) is 3. The monoisotopic (exact) mass is 588 g/mol. The van der Waals surface area contributed by atoms with Crippen molar-refractivity contribution in [1.82, 2.24) is 10.4 Å². The van der Waals surface area contributed by atoms with Gasteiger partial charge >= 0.3 is 5.97 Å². The molecule has 1 saturated heterocycles. The van der Waals surface area contributed by atoms with E-state index in [1.165, 1.54) is 0 Å². The van der Waals surface area contributed by atoms with Gasteiger partial charge in [0.2, 0.25) is 0 Å². The van der Waals surface area contributed by atoms with Crippen LogP contribution >= 0.6 is 0 Å². The average molecular weight is 589 g/mol. The van der Waals surface area contributed by atoms with Gasteiger partial charge in [-0.3, -0.25) is 15.2 Å². The van der Waals surface area contributed by atoms with E-state index in [4.69, 9.17) is 14.2 Å². The Balaban J connectivity index is 1.52. The van der Waals surface area contributed by atoms with Gasteiger partial charge in [0.1, 0.15) is 0 Å². The Morgan fingerprint density at radius 2 is 1.83 bits per heavy atom. The molecular formula is C35H60N2O5. The van der Waals surface area contributed by atoms with Crippen LogP contribution in [0.1, 0.15) is 87.0 Å². The summed E-state index contributed by atoms with van der Waals surface area (Å²) < 4.78 is 19.5. The summed E-state index contributed by atoms with van der Waals surface area (Å²) in [7, 11) is 5.85. The molecule has 5 aliphatic rings. The number of nitrogens with zero attached hydrogens (tertiary/aromatic N) is 1. The Kier molecular flexibility index (Phi) is 8.58. The van der Waals surface area contributed by atoms with E-state index < -0.39 is 5.97 Å². The van der Waals surface area contributed by atoms with Crippen LogP contribution in [0.5, 0.6) is 0 Å². The second-order valence-electron chi connectivity index (χ2n) is 16.4. The number of fused-ring (bicyclic) bond motifs is 3. The smallest absolute Gasteiger partial charge is 0.307 e. The minimum absolute atomic E-state index is 0.00331. The molecule has 11 atom stereocenters. The maximum absolute atomic E-state index is 13.3. The van der Waals surface area contributed by atoms with E-state index in [-0.39, 0.29) is 45.2 Å². The molecule has 1 heterocycles. The van der Waals surface area contributed by atoms with Gasteiger partial charge in [-0.2, -0.15) is 0 Å². The predicted molar refractivity (Wildman–Crippen MR) is 166 cm³/mol. The van der Waals surface area contributed by atoms with Gasteiger partial charge in [-0.05, 0) is 78.4 Å². The highest BCUT2D eigenvalue weighted by atomic mass is 16.5. The third-order valence-corrected chi connectivity index (χ3v) is 14.2. The lowest BCUT2D eigenvalue weighted by Gasteiger charge is -2.71. The van der Waals surface area contributed by atoms with Crippen LogP contribution < -0.4 is 5.43 Å². The van der Waals surface area contributed by atoms with Gasteiger partial charge in [0.15, 0.2) is 0 Å². The lowest BCUT2D eigenvalue weighted by Crippen LogP contribution is -2.70. The molecule has 240 valence electrons. The highest BCUT2D eigenvalue weighted by Crippen LogP contribution is 2.75. The van der Waals surface area contributed by atoms with Crippen molar-refractivity contribution in [1.29, 1.82) is 0 Å². The summed E-state index contributed by atoms with van der Waals surface area (Å²) in [4.78, 5) is 13.3. The van der Waals surface area contributed by atoms with E-state index >= 15 is 0 Å². The molecule has 0 spiro atoms. The van der Waals surface area contributed by atoms with Crippen LogP contribution in [0.25, 0.3) is 0 Å². The Labute approximate surface area is 255 Å². The summed E-state index contributed by atoms with van der Waals surface area (Å²) in [5, 5.41) is 12.9. The normalized spacial score (nSPS) is 47.3. The number of carboxylic acid groups (broad SMARTS) is 1. The third-order valence-electron chi connectivity index (χ3n) is 14.2. The van der Waals surface area contributed by atoms with Gasteiger partial charge in [0.25, 0.3) is 0 Å². The highest BCUT2D eigenvalue weighted by Gasteiger charge is 2.71. The Morgan fingerprint density at radius 1 is 1.12 bits per heavy atom. The molecule has 42 heavy (non-hydrogen) atoms. The van der Waals surface area contributed by atoms with Crippen LogP contribution in [-0.4, -0.2) is 75.9 Å². The maximum atomic E-state index is 13.3. The molecule has 1 unspecified atom stereocenters. The first-order valence-corrected chi connectivity index (χ1v) is 16.7. The number of aliphatic carboxylic acids is 1. The van der Waals surface area contributed by atoms with Crippen molar-refractivity contribution >= 4 is 5.97 Å². The fourth-order valence-corrected chi connectivity index (χ4v) is 11.5. The van der Waals surface area contributed by atoms with Crippen LogP contribution in [0.4, 0.5) is 0 Å². The zero-order valence-corrected chi connectivity index (χ0v) is 28.2. The average Bonchev–Trinajstić information content (AvgIpc) is 2.91. The molecule has 5 rings (SSSR count). The molecule has 4 aliphatic carbocycles. The van der Waals surface area contributed by atoms with Gasteiger partial charge in [-0.25, -0.2) is 0 Å². The molecule has 0 aromatic heterocycles. The number of hydrazine groups is 1. The molecule has 0 amide bonds. The molecule has 0 aromatic rings. The molecule has 2 N–H and O–H groups in total. The first-order chi connectivity index (χ1) is 19.6. The minimum atomic E-state index is -0.600. The summed E-state index contributed by atoms with van der Waals surface area (Å²) in [6.45, 7) is 19.1. The number of carbonyl (C=O) groups is 1. The van der Waals surface area contributed by atoms with Gasteiger partial charge < -0.3 is 19.3 Å². The van der Waals surface area contributed by atoms with E-state index in [2.05, 4.69) is 60.0 Å². The summed E-state index contributed by atoms with van der Waals surface area (Å²) in [5.41, 5.74) is 4.08. The Hall–Kier alpha value is -0.990. The van der Waals surface area contributed by atoms with E-state index in [9.17, 15) is 9.90 Å². The second-order valence-corrected chi connectivity index (χ2v) is 16.4. The van der Waals surface area contributed by atoms with Crippen LogP contribution in [0.2, 0.25) is 0 Å². The topological polar surface area (TPSA) is 80.3 Å². The second kappa shape index (κ2) is 11.1. The largest absolute Gasteiger partial charge is 0.481 e. The van der Waals surface area contributed by atoms with Gasteiger partial charge in [0, 0.05) is 38.6 Å². The molecule has 1 aliphatic heterocycles. The third kappa shape index (κ3) is 4.49. The molecule has 3 saturated carbocycles. The molecule has 0 aromatic carbocycles. The summed E-state index contributed by atoms with van der Waals surface area (Å²) >= 11 is 0. The van der Waals surface area contributed by atoms with E-state index in [1.807, 2.05) is 26.2 Å². The highest BCUT2D eigenvalue weighted by molar-refractivity contribution is 5.73. The first-order valence-electron chi connectivity index (χ1n) is 16.7. The van der Waals surface area contributed by atoms with Crippen LogP contribution in [0, 0.1) is 56.7 Å². The van der Waals surface area contributed by atoms with Crippen LogP contribution in [-0.2, 0) is 19.0 Å². The van der Waals surface area contributed by atoms with Crippen molar-refractivity contribution in [2.24, 2.45) is 56.7 Å². The van der Waals surface area contributed by atoms with Crippen LogP contribution in [0.3, 0.4) is 0 Å². The number of hydrogen-bond donors (Lipinski definition) is 2. The van der Waals surface area contributed by atoms with Crippen molar-refractivity contribution in [2.45, 2.75) is 99.2 Å². The van der Waals surface area contributed by atoms with Crippen molar-refractivity contribution < 1.29 is 24.1 Å². The van der Waals surface area contributed by atoms with Crippen molar-refractivity contribution in [3.8, 4) is 0 Å². The molecule has 7 heteroatoms. The standard InChI is InChI=1S/C35H60N2O5/c1-22(2)23(3)31(4)15-16-33(6)24-11-12-27-32(5)20-41-21-35(27,25(24)13-14-34(33,7)28(31)30(38)39)19-26(40-10)29(32)42-18-17-36-37(8)9/h13,22-24,26-29,36H,11-12,14-21H2,1-10H3,(H,38,39)/t23-,24+,26-,27+,28-,29+,31-,32?,33-,34+,35+/m1/s1. The number of rotatable bonds is 9. The van der Waals surface area contributed by atoms with Crippen LogP contribution in [0.15, 0.2) is 11.6 Å². The number of allylic oxidation sites excluding steroid dienone is 1. The van der Waals surface area contributed by atoms with E-state index in [1.54, 1.807) is 5.57 Å². The molecular weight excluding hydrogens is 528 g/mol. The van der Waals surface area contributed by atoms with Crippen molar-refractivity contribution in [3.05, 3.63) is 11.6 Å². The molecule has 7 nitrogen and oxygen atoms in total. The molecule has 0 radical (unpaired) electrons. The summed E-state index contributed by atoms with van der Waals surface area (Å²) in [5.74, 6) is 0.673.